The molecule has 0 saturated carbocycles. The Hall–Kier alpha value is -1.92. The van der Waals surface area contributed by atoms with E-state index in [0.29, 0.717) is 10.7 Å². The van der Waals surface area contributed by atoms with Crippen LogP contribution in [0.2, 0.25) is 5.02 Å². The number of benzene rings is 2. The Labute approximate surface area is 128 Å². The van der Waals surface area contributed by atoms with Crippen molar-refractivity contribution in [2.24, 2.45) is 0 Å². The number of nitrogens with two attached hydrogens (primary N) is 1. The van der Waals surface area contributed by atoms with Gasteiger partial charge in [0.2, 0.25) is 5.91 Å². The number of carbonyl (C=O) groups excluding carboxylic acids is 1. The van der Waals surface area contributed by atoms with Gasteiger partial charge in [0.05, 0.1) is 15.7 Å². The first-order valence-electron chi connectivity index (χ1n) is 5.94. The molecule has 0 bridgehead atoms. The molecule has 1 unspecified atom stereocenters. The van der Waals surface area contributed by atoms with Gasteiger partial charge in [0.15, 0.2) is 0 Å². The topological polar surface area (TPSA) is 72.2 Å². The molecular formula is C14H12ClFN2O2S. The van der Waals surface area contributed by atoms with Gasteiger partial charge in [0, 0.05) is 16.4 Å². The van der Waals surface area contributed by atoms with Gasteiger partial charge in [-0.2, -0.15) is 0 Å². The van der Waals surface area contributed by atoms with Crippen LogP contribution in [0.5, 0.6) is 0 Å². The summed E-state index contributed by atoms with van der Waals surface area (Å²) in [5.41, 5.74) is 6.35. The lowest BCUT2D eigenvalue weighted by atomic mass is 10.3. The Bertz CT molecular complexity index is 692. The summed E-state index contributed by atoms with van der Waals surface area (Å²) in [5.74, 6) is -1.32. The van der Waals surface area contributed by atoms with Gasteiger partial charge in [0.1, 0.15) is 11.6 Å². The lowest BCUT2D eigenvalue weighted by Crippen LogP contribution is -2.20. The molecule has 4 nitrogen and oxygen atoms in total. The molecule has 2 aromatic rings. The van der Waals surface area contributed by atoms with Crippen LogP contribution < -0.4 is 11.1 Å². The number of nitrogen functional groups attached to an aromatic ring is 1. The fourth-order valence-electron chi connectivity index (χ4n) is 1.63. The maximum absolute atomic E-state index is 13.1. The van der Waals surface area contributed by atoms with E-state index in [1.54, 1.807) is 24.3 Å². The lowest BCUT2D eigenvalue weighted by Gasteiger charge is -2.07. The minimum absolute atomic E-state index is 0.112. The summed E-state index contributed by atoms with van der Waals surface area (Å²) in [6.45, 7) is 0. The number of hydrogen-bond acceptors (Lipinski definition) is 3. The van der Waals surface area contributed by atoms with Gasteiger partial charge in [-0.1, -0.05) is 11.6 Å². The van der Waals surface area contributed by atoms with Crippen molar-refractivity contribution in [3.8, 4) is 0 Å². The molecule has 0 aromatic heterocycles. The zero-order valence-electron chi connectivity index (χ0n) is 10.8. The highest BCUT2D eigenvalue weighted by Crippen LogP contribution is 2.18. The number of hydrogen-bond donors (Lipinski definition) is 2. The van der Waals surface area contributed by atoms with E-state index in [9.17, 15) is 13.4 Å². The summed E-state index contributed by atoms with van der Waals surface area (Å²) in [6, 6.07) is 10.1. The summed E-state index contributed by atoms with van der Waals surface area (Å²) in [7, 11) is -1.72. The highest BCUT2D eigenvalue weighted by atomic mass is 35.5. The van der Waals surface area contributed by atoms with E-state index >= 15 is 0 Å². The van der Waals surface area contributed by atoms with Crippen LogP contribution >= 0.6 is 11.6 Å². The zero-order valence-corrected chi connectivity index (χ0v) is 12.4. The number of nitrogens with one attached hydrogen (secondary N) is 1. The molecule has 7 heteroatoms. The highest BCUT2D eigenvalue weighted by Gasteiger charge is 2.14. The zero-order chi connectivity index (χ0) is 15.4. The molecule has 0 saturated heterocycles. The average molecular weight is 327 g/mol. The van der Waals surface area contributed by atoms with Crippen molar-refractivity contribution in [1.82, 2.24) is 0 Å². The Balaban J connectivity index is 2.03. The van der Waals surface area contributed by atoms with Crippen LogP contribution in [-0.2, 0) is 15.6 Å². The first-order valence-corrected chi connectivity index (χ1v) is 7.64. The molecule has 1 atom stereocenters. The van der Waals surface area contributed by atoms with Gasteiger partial charge >= 0.3 is 0 Å². The van der Waals surface area contributed by atoms with Crippen molar-refractivity contribution in [3.05, 3.63) is 53.3 Å². The van der Waals surface area contributed by atoms with Crippen LogP contribution in [0.4, 0.5) is 15.8 Å². The fourth-order valence-corrected chi connectivity index (χ4v) is 2.80. The maximum Gasteiger partial charge on any atom is 0.237 e. The smallest absolute Gasteiger partial charge is 0.237 e. The van der Waals surface area contributed by atoms with Crippen molar-refractivity contribution in [3.63, 3.8) is 0 Å². The number of halogens is 2. The number of anilines is 2. The molecule has 0 aliphatic rings. The van der Waals surface area contributed by atoms with Crippen LogP contribution in [0.3, 0.4) is 0 Å². The molecule has 110 valence electrons. The third-order valence-electron chi connectivity index (χ3n) is 2.61. The normalized spacial score (nSPS) is 11.9. The van der Waals surface area contributed by atoms with Gasteiger partial charge in [-0.15, -0.1) is 0 Å². The van der Waals surface area contributed by atoms with Crippen LogP contribution in [-0.4, -0.2) is 15.9 Å². The Morgan fingerprint density at radius 3 is 2.57 bits per heavy atom. The molecule has 3 N–H and O–H groups in total. The molecule has 21 heavy (non-hydrogen) atoms. The average Bonchev–Trinajstić information content (AvgIpc) is 2.44. The second-order valence-corrected chi connectivity index (χ2v) is 6.08. The van der Waals surface area contributed by atoms with Crippen molar-refractivity contribution >= 4 is 39.7 Å². The van der Waals surface area contributed by atoms with Gasteiger partial charge in [-0.25, -0.2) is 4.39 Å². The molecule has 0 spiro atoms. The first kappa shape index (κ1) is 15.5. The molecule has 0 aliphatic carbocycles. The van der Waals surface area contributed by atoms with Crippen LogP contribution in [0.25, 0.3) is 0 Å². The van der Waals surface area contributed by atoms with Crippen molar-refractivity contribution in [2.45, 2.75) is 4.90 Å². The molecule has 0 heterocycles. The molecule has 2 rings (SSSR count). The minimum atomic E-state index is -1.72. The third-order valence-corrected chi connectivity index (χ3v) is 4.23. The molecular weight excluding hydrogens is 315 g/mol. The summed E-state index contributed by atoms with van der Waals surface area (Å²) >= 11 is 5.73. The van der Waals surface area contributed by atoms with E-state index in [-0.39, 0.29) is 16.3 Å². The van der Waals surface area contributed by atoms with E-state index in [0.717, 1.165) is 6.07 Å². The van der Waals surface area contributed by atoms with Crippen molar-refractivity contribution in [2.75, 3.05) is 16.8 Å². The minimum Gasteiger partial charge on any atom is -0.398 e. The summed E-state index contributed by atoms with van der Waals surface area (Å²) in [4.78, 5) is 11.9. The SMILES string of the molecule is Nc1ccc(F)cc1S(=O)CC(=O)Nc1ccc(Cl)cc1. The van der Waals surface area contributed by atoms with Gasteiger partial charge in [-0.3, -0.25) is 9.00 Å². The van der Waals surface area contributed by atoms with E-state index in [4.69, 9.17) is 17.3 Å². The van der Waals surface area contributed by atoms with Gasteiger partial charge in [0.25, 0.3) is 0 Å². The number of rotatable bonds is 4. The second-order valence-electron chi connectivity index (χ2n) is 4.23. The van der Waals surface area contributed by atoms with Crippen molar-refractivity contribution in [1.29, 1.82) is 0 Å². The summed E-state index contributed by atoms with van der Waals surface area (Å²) in [5, 5.41) is 3.12. The van der Waals surface area contributed by atoms with Crippen LogP contribution in [0.1, 0.15) is 0 Å². The quantitative estimate of drug-likeness (QED) is 0.849. The monoisotopic (exact) mass is 326 g/mol. The van der Waals surface area contributed by atoms with E-state index < -0.39 is 22.5 Å². The number of amides is 1. The Morgan fingerprint density at radius 2 is 1.90 bits per heavy atom. The van der Waals surface area contributed by atoms with Gasteiger partial charge < -0.3 is 11.1 Å². The van der Waals surface area contributed by atoms with Crippen LogP contribution in [0.15, 0.2) is 47.4 Å². The van der Waals surface area contributed by atoms with Crippen LogP contribution in [0, 0.1) is 5.82 Å². The highest BCUT2D eigenvalue weighted by molar-refractivity contribution is 7.86. The second kappa shape index (κ2) is 6.69. The maximum atomic E-state index is 13.1. The van der Waals surface area contributed by atoms with E-state index in [2.05, 4.69) is 5.32 Å². The standard InChI is InChI=1S/C14H12ClFN2O2S/c15-9-1-4-11(5-2-9)18-14(19)8-21(20)13-7-10(16)3-6-12(13)17/h1-7H,8,17H2,(H,18,19). The summed E-state index contributed by atoms with van der Waals surface area (Å²) < 4.78 is 25.2. The fraction of sp³-hybridized carbons (Fsp3) is 0.0714. The van der Waals surface area contributed by atoms with Gasteiger partial charge in [-0.05, 0) is 42.5 Å². The third kappa shape index (κ3) is 4.27. The lowest BCUT2D eigenvalue weighted by molar-refractivity contribution is -0.113. The molecule has 1 amide bonds. The Morgan fingerprint density at radius 1 is 1.24 bits per heavy atom. The molecule has 0 fully saturated rings. The molecule has 2 aromatic carbocycles. The van der Waals surface area contributed by atoms with E-state index in [1.165, 1.54) is 12.1 Å². The van der Waals surface area contributed by atoms with E-state index in [1.807, 2.05) is 0 Å². The number of carbonyl (C=O) groups is 1. The Kier molecular flexibility index (Phi) is 4.93. The largest absolute Gasteiger partial charge is 0.398 e. The summed E-state index contributed by atoms with van der Waals surface area (Å²) in [6.07, 6.45) is 0. The molecule has 0 radical (unpaired) electrons. The predicted octanol–water partition coefficient (Wildman–Crippen LogP) is 2.81. The van der Waals surface area contributed by atoms with Crippen molar-refractivity contribution < 1.29 is 13.4 Å². The predicted molar refractivity (Wildman–Crippen MR) is 82.2 cm³/mol. The first-order chi connectivity index (χ1) is 9.95. The molecule has 0 aliphatic heterocycles.